The number of hydrogen-bond donors (Lipinski definition) is 1. The molecule has 0 saturated carbocycles. The number of rotatable bonds is 5. The van der Waals surface area contributed by atoms with Gasteiger partial charge in [0.1, 0.15) is 5.82 Å². The van der Waals surface area contributed by atoms with Crippen LogP contribution >= 0.6 is 12.2 Å². The molecule has 1 aromatic heterocycles. The molecule has 3 aromatic rings. The Kier molecular flexibility index (Phi) is 6.99. The lowest BCUT2D eigenvalue weighted by atomic mass is 10.1. The predicted octanol–water partition coefficient (Wildman–Crippen LogP) is 4.48. The van der Waals surface area contributed by atoms with Gasteiger partial charge in [-0.1, -0.05) is 24.3 Å². The molecule has 1 N–H and O–H groups in total. The number of nitrogens with zero attached hydrogens (tertiary/aromatic N) is 4. The fourth-order valence-electron chi connectivity index (χ4n) is 4.00. The van der Waals surface area contributed by atoms with Crippen molar-refractivity contribution in [3.05, 3.63) is 82.4 Å². The molecule has 1 saturated heterocycles. The molecule has 0 radical (unpaired) electrons. The molecule has 1 aliphatic heterocycles. The molecule has 0 unspecified atom stereocenters. The van der Waals surface area contributed by atoms with E-state index in [1.165, 1.54) is 18.2 Å². The van der Waals surface area contributed by atoms with Crippen molar-refractivity contribution in [1.82, 2.24) is 19.6 Å². The summed E-state index contributed by atoms with van der Waals surface area (Å²) >= 11 is 5.64. The Hall–Kier alpha value is -2.91. The Morgan fingerprint density at radius 1 is 0.970 bits per heavy atom. The van der Waals surface area contributed by atoms with Gasteiger partial charge in [0, 0.05) is 38.3 Å². The van der Waals surface area contributed by atoms with Crippen molar-refractivity contribution in [2.75, 3.05) is 31.5 Å². The Morgan fingerprint density at radius 2 is 1.67 bits per heavy atom. The Balaban J connectivity index is 1.35. The van der Waals surface area contributed by atoms with Gasteiger partial charge in [-0.05, 0) is 49.8 Å². The Bertz CT molecular complexity index is 1140. The minimum absolute atomic E-state index is 0.263. The maximum atomic E-state index is 14.0. The molecule has 1 fully saturated rings. The molecule has 0 bridgehead atoms. The molecule has 0 atom stereocenters. The zero-order chi connectivity index (χ0) is 23.5. The molecule has 33 heavy (non-hydrogen) atoms. The van der Waals surface area contributed by atoms with Crippen LogP contribution in [-0.2, 0) is 13.1 Å². The first-order chi connectivity index (χ1) is 15.8. The summed E-state index contributed by atoms with van der Waals surface area (Å²) in [6, 6.07) is 10.7. The highest BCUT2D eigenvalue weighted by atomic mass is 32.1. The number of nitrogens with one attached hydrogen (secondary N) is 1. The van der Waals surface area contributed by atoms with E-state index in [9.17, 15) is 13.2 Å². The van der Waals surface area contributed by atoms with E-state index in [2.05, 4.69) is 20.2 Å². The standard InChI is InChI=1S/C24H26F3N5S/c1-16-23(17(2)32(29-16)14-18-6-8-20(25)9-7-18)28-24(33)31-12-10-30(11-13-31)15-19-4-3-5-21(26)22(19)27/h3-9H,10-15H2,1-2H3,(H,28,33). The molecule has 9 heteroatoms. The normalized spacial score (nSPS) is 14.5. The van der Waals surface area contributed by atoms with Gasteiger partial charge in [-0.25, -0.2) is 13.2 Å². The van der Waals surface area contributed by atoms with Gasteiger partial charge in [-0.2, -0.15) is 5.10 Å². The second kappa shape index (κ2) is 9.93. The van der Waals surface area contributed by atoms with E-state index in [0.717, 1.165) is 28.7 Å². The summed E-state index contributed by atoms with van der Waals surface area (Å²) < 4.78 is 42.5. The molecule has 0 aliphatic carbocycles. The molecule has 2 heterocycles. The number of aromatic nitrogens is 2. The second-order valence-corrected chi connectivity index (χ2v) is 8.62. The maximum absolute atomic E-state index is 14.0. The Morgan fingerprint density at radius 3 is 2.36 bits per heavy atom. The van der Waals surface area contributed by atoms with Crippen molar-refractivity contribution in [2.24, 2.45) is 0 Å². The first-order valence-corrected chi connectivity index (χ1v) is 11.2. The highest BCUT2D eigenvalue weighted by Gasteiger charge is 2.22. The zero-order valence-electron chi connectivity index (χ0n) is 18.6. The second-order valence-electron chi connectivity index (χ2n) is 8.24. The summed E-state index contributed by atoms with van der Waals surface area (Å²) in [6.45, 7) is 7.56. The maximum Gasteiger partial charge on any atom is 0.173 e. The summed E-state index contributed by atoms with van der Waals surface area (Å²) in [6.07, 6.45) is 0. The van der Waals surface area contributed by atoms with Gasteiger partial charge in [-0.3, -0.25) is 9.58 Å². The third kappa shape index (κ3) is 5.36. The van der Waals surface area contributed by atoms with Crippen molar-refractivity contribution in [2.45, 2.75) is 26.9 Å². The average molecular weight is 474 g/mol. The number of piperazine rings is 1. The summed E-state index contributed by atoms with van der Waals surface area (Å²) in [7, 11) is 0. The van der Waals surface area contributed by atoms with Crippen LogP contribution in [0.5, 0.6) is 0 Å². The summed E-state index contributed by atoms with van der Waals surface area (Å²) in [5.41, 5.74) is 3.97. The minimum atomic E-state index is -0.817. The minimum Gasteiger partial charge on any atom is -0.346 e. The number of hydrogen-bond acceptors (Lipinski definition) is 3. The number of benzene rings is 2. The first-order valence-electron chi connectivity index (χ1n) is 10.8. The van der Waals surface area contributed by atoms with Crippen LogP contribution in [-0.4, -0.2) is 50.9 Å². The molecular weight excluding hydrogens is 447 g/mol. The molecule has 0 spiro atoms. The van der Waals surface area contributed by atoms with Crippen LogP contribution in [0.4, 0.5) is 18.9 Å². The van der Waals surface area contributed by atoms with Gasteiger partial charge in [0.25, 0.3) is 0 Å². The third-order valence-electron chi connectivity index (χ3n) is 5.94. The van der Waals surface area contributed by atoms with Gasteiger partial charge in [0.2, 0.25) is 0 Å². The molecule has 0 amide bonds. The zero-order valence-corrected chi connectivity index (χ0v) is 19.4. The van der Waals surface area contributed by atoms with E-state index in [-0.39, 0.29) is 5.82 Å². The van der Waals surface area contributed by atoms with E-state index in [0.29, 0.717) is 49.9 Å². The van der Waals surface area contributed by atoms with Crippen LogP contribution in [0.25, 0.3) is 0 Å². The number of thiocarbonyl (C=S) groups is 1. The lowest BCUT2D eigenvalue weighted by molar-refractivity contribution is 0.175. The SMILES string of the molecule is Cc1nn(Cc2ccc(F)cc2)c(C)c1NC(=S)N1CCN(Cc2cccc(F)c2F)CC1. The van der Waals surface area contributed by atoms with Crippen LogP contribution < -0.4 is 5.32 Å². The van der Waals surface area contributed by atoms with Crippen LogP contribution in [0.1, 0.15) is 22.5 Å². The van der Waals surface area contributed by atoms with Crippen LogP contribution in [0.15, 0.2) is 42.5 Å². The van der Waals surface area contributed by atoms with E-state index in [1.54, 1.807) is 18.2 Å². The average Bonchev–Trinajstić information content (AvgIpc) is 3.06. The van der Waals surface area contributed by atoms with E-state index in [1.807, 2.05) is 18.5 Å². The molecule has 1 aliphatic rings. The lowest BCUT2D eigenvalue weighted by Crippen LogP contribution is -2.49. The van der Waals surface area contributed by atoms with Gasteiger partial charge in [0.15, 0.2) is 16.7 Å². The van der Waals surface area contributed by atoms with E-state index >= 15 is 0 Å². The first kappa shape index (κ1) is 23.3. The van der Waals surface area contributed by atoms with Crippen LogP contribution in [0.3, 0.4) is 0 Å². The number of anilines is 1. The summed E-state index contributed by atoms with van der Waals surface area (Å²) in [5.74, 6) is -1.86. The van der Waals surface area contributed by atoms with Crippen molar-refractivity contribution in [3.63, 3.8) is 0 Å². The van der Waals surface area contributed by atoms with Crippen LogP contribution in [0, 0.1) is 31.3 Å². The lowest BCUT2D eigenvalue weighted by Gasteiger charge is -2.36. The topological polar surface area (TPSA) is 36.3 Å². The van der Waals surface area contributed by atoms with Gasteiger partial charge < -0.3 is 10.2 Å². The van der Waals surface area contributed by atoms with E-state index < -0.39 is 11.6 Å². The molecule has 5 nitrogen and oxygen atoms in total. The molecule has 174 valence electrons. The monoisotopic (exact) mass is 473 g/mol. The van der Waals surface area contributed by atoms with Crippen LogP contribution in [0.2, 0.25) is 0 Å². The Labute approximate surface area is 196 Å². The quantitative estimate of drug-likeness (QED) is 0.553. The van der Waals surface area contributed by atoms with Crippen molar-refractivity contribution in [3.8, 4) is 0 Å². The van der Waals surface area contributed by atoms with Gasteiger partial charge in [-0.15, -0.1) is 0 Å². The highest BCUT2D eigenvalue weighted by molar-refractivity contribution is 7.80. The fourth-order valence-corrected chi connectivity index (χ4v) is 4.29. The molecular formula is C24H26F3N5S. The van der Waals surface area contributed by atoms with Crippen molar-refractivity contribution in [1.29, 1.82) is 0 Å². The van der Waals surface area contributed by atoms with Crippen molar-refractivity contribution < 1.29 is 13.2 Å². The smallest absolute Gasteiger partial charge is 0.173 e. The molecule has 4 rings (SSSR count). The van der Waals surface area contributed by atoms with Gasteiger partial charge in [0.05, 0.1) is 23.6 Å². The number of aryl methyl sites for hydroxylation is 1. The highest BCUT2D eigenvalue weighted by Crippen LogP contribution is 2.22. The number of halogens is 3. The summed E-state index contributed by atoms with van der Waals surface area (Å²) in [5, 5.41) is 8.55. The third-order valence-corrected chi connectivity index (χ3v) is 6.30. The predicted molar refractivity (Wildman–Crippen MR) is 127 cm³/mol. The fraction of sp³-hybridized carbons (Fsp3) is 0.333. The largest absolute Gasteiger partial charge is 0.346 e. The summed E-state index contributed by atoms with van der Waals surface area (Å²) in [4.78, 5) is 4.16. The molecule has 2 aromatic carbocycles. The van der Waals surface area contributed by atoms with Gasteiger partial charge >= 0.3 is 0 Å². The van der Waals surface area contributed by atoms with Crippen molar-refractivity contribution >= 4 is 23.0 Å². The van der Waals surface area contributed by atoms with E-state index in [4.69, 9.17) is 12.2 Å².